The van der Waals surface area contributed by atoms with E-state index in [1.54, 1.807) is 0 Å². The number of hydrogen-bond donors (Lipinski definition) is 1. The van der Waals surface area contributed by atoms with Gasteiger partial charge in [0.15, 0.2) is 0 Å². The minimum Gasteiger partial charge on any atom is -0.492 e. The third-order valence-corrected chi connectivity index (χ3v) is 3.40. The Labute approximate surface area is 121 Å². The Morgan fingerprint density at radius 2 is 1.95 bits per heavy atom. The van der Waals surface area contributed by atoms with Crippen LogP contribution in [-0.4, -0.2) is 17.7 Å². The van der Waals surface area contributed by atoms with Gasteiger partial charge in [0.2, 0.25) is 0 Å². The fourth-order valence-electron chi connectivity index (χ4n) is 2.33. The first-order chi connectivity index (χ1) is 9.83. The second-order valence-corrected chi connectivity index (χ2v) is 4.86. The first-order valence-electron chi connectivity index (χ1n) is 7.40. The molecule has 0 bridgehead atoms. The molecule has 2 rings (SSSR count). The molecule has 1 atom stereocenters. The molecule has 0 saturated heterocycles. The summed E-state index contributed by atoms with van der Waals surface area (Å²) in [4.78, 5) is 0. The highest BCUT2D eigenvalue weighted by Crippen LogP contribution is 2.16. The maximum atomic E-state index is 5.72. The van der Waals surface area contributed by atoms with Gasteiger partial charge in [-0.25, -0.2) is 0 Å². The van der Waals surface area contributed by atoms with Gasteiger partial charge in [-0.1, -0.05) is 32.0 Å². The molecule has 0 spiro atoms. The molecular weight excluding hydrogens is 248 g/mol. The van der Waals surface area contributed by atoms with E-state index in [0.29, 0.717) is 12.6 Å². The van der Waals surface area contributed by atoms with Gasteiger partial charge in [0.25, 0.3) is 0 Å². The van der Waals surface area contributed by atoms with Gasteiger partial charge in [-0.2, -0.15) is 0 Å². The summed E-state index contributed by atoms with van der Waals surface area (Å²) in [7, 11) is 0. The van der Waals surface area contributed by atoms with E-state index >= 15 is 0 Å². The van der Waals surface area contributed by atoms with Crippen molar-refractivity contribution in [1.29, 1.82) is 0 Å². The Balaban J connectivity index is 1.83. The number of benzene rings is 1. The third-order valence-electron chi connectivity index (χ3n) is 3.40. The van der Waals surface area contributed by atoms with Gasteiger partial charge in [-0.05, 0) is 36.7 Å². The van der Waals surface area contributed by atoms with Gasteiger partial charge < -0.3 is 14.6 Å². The van der Waals surface area contributed by atoms with Crippen molar-refractivity contribution in [3.8, 4) is 5.75 Å². The molecule has 1 heterocycles. The molecule has 108 valence electrons. The lowest BCUT2D eigenvalue weighted by molar-refractivity contribution is 0.298. The van der Waals surface area contributed by atoms with Gasteiger partial charge in [0, 0.05) is 18.4 Å². The number of aromatic nitrogens is 1. The summed E-state index contributed by atoms with van der Waals surface area (Å²) in [6.45, 7) is 6.92. The van der Waals surface area contributed by atoms with Gasteiger partial charge in [-0.15, -0.1) is 0 Å². The average Bonchev–Trinajstić information content (AvgIpc) is 2.94. The summed E-state index contributed by atoms with van der Waals surface area (Å²) in [6, 6.07) is 12.6. The average molecular weight is 272 g/mol. The largest absolute Gasteiger partial charge is 0.492 e. The normalized spacial score (nSPS) is 12.3. The Morgan fingerprint density at radius 3 is 2.65 bits per heavy atom. The minimum absolute atomic E-state index is 0.455. The van der Waals surface area contributed by atoms with E-state index in [1.165, 1.54) is 5.56 Å². The predicted molar refractivity (Wildman–Crippen MR) is 83.1 cm³/mol. The van der Waals surface area contributed by atoms with Gasteiger partial charge in [-0.3, -0.25) is 0 Å². The van der Waals surface area contributed by atoms with Crippen molar-refractivity contribution >= 4 is 0 Å². The predicted octanol–water partition coefficient (Wildman–Crippen LogP) is 3.63. The van der Waals surface area contributed by atoms with Crippen LogP contribution in [0.2, 0.25) is 0 Å². The van der Waals surface area contributed by atoms with E-state index in [4.69, 9.17) is 4.74 Å². The second kappa shape index (κ2) is 7.75. The van der Waals surface area contributed by atoms with E-state index in [-0.39, 0.29) is 0 Å². The fraction of sp³-hybridized carbons (Fsp3) is 0.412. The molecule has 0 amide bonds. The van der Waals surface area contributed by atoms with Crippen molar-refractivity contribution in [2.75, 3.05) is 13.2 Å². The van der Waals surface area contributed by atoms with E-state index in [0.717, 1.165) is 25.3 Å². The molecule has 1 N–H and O–H groups in total. The minimum atomic E-state index is 0.455. The number of nitrogens with zero attached hydrogens (tertiary/aromatic N) is 1. The van der Waals surface area contributed by atoms with E-state index < -0.39 is 0 Å². The Kier molecular flexibility index (Phi) is 5.69. The van der Waals surface area contributed by atoms with Crippen LogP contribution in [0.15, 0.2) is 48.8 Å². The standard InChI is InChI=1S/C17H24N2O/c1-3-17(18-4-2)15-10-11-19(14-15)12-13-20-16-8-6-5-7-9-16/h5-11,14,17-18H,3-4,12-13H2,1-2H3. The molecule has 0 saturated carbocycles. The molecule has 0 aliphatic rings. The van der Waals surface area contributed by atoms with Crippen LogP contribution >= 0.6 is 0 Å². The van der Waals surface area contributed by atoms with Crippen LogP contribution in [-0.2, 0) is 6.54 Å². The van der Waals surface area contributed by atoms with Crippen LogP contribution in [0.3, 0.4) is 0 Å². The Morgan fingerprint density at radius 1 is 1.15 bits per heavy atom. The lowest BCUT2D eigenvalue weighted by atomic mass is 10.1. The summed E-state index contributed by atoms with van der Waals surface area (Å²) in [5, 5.41) is 3.50. The zero-order valence-corrected chi connectivity index (χ0v) is 12.4. The first-order valence-corrected chi connectivity index (χ1v) is 7.40. The summed E-state index contributed by atoms with van der Waals surface area (Å²) in [6.07, 6.45) is 5.45. The molecule has 20 heavy (non-hydrogen) atoms. The smallest absolute Gasteiger partial charge is 0.119 e. The van der Waals surface area contributed by atoms with Crippen molar-refractivity contribution in [3.05, 3.63) is 54.4 Å². The molecule has 1 unspecified atom stereocenters. The van der Waals surface area contributed by atoms with Crippen molar-refractivity contribution in [3.63, 3.8) is 0 Å². The van der Waals surface area contributed by atoms with E-state index in [9.17, 15) is 0 Å². The van der Waals surface area contributed by atoms with Crippen LogP contribution in [0.4, 0.5) is 0 Å². The highest BCUT2D eigenvalue weighted by molar-refractivity contribution is 5.21. The zero-order chi connectivity index (χ0) is 14.2. The molecule has 0 radical (unpaired) electrons. The molecule has 0 fully saturated rings. The lowest BCUT2D eigenvalue weighted by Crippen LogP contribution is -2.19. The topological polar surface area (TPSA) is 26.2 Å². The molecule has 1 aromatic carbocycles. The first kappa shape index (κ1) is 14.7. The van der Waals surface area contributed by atoms with Crippen LogP contribution in [0.5, 0.6) is 5.75 Å². The Hall–Kier alpha value is -1.74. The van der Waals surface area contributed by atoms with E-state index in [1.807, 2.05) is 30.3 Å². The summed E-state index contributed by atoms with van der Waals surface area (Å²) in [5.41, 5.74) is 1.36. The maximum Gasteiger partial charge on any atom is 0.119 e. The van der Waals surface area contributed by atoms with Crippen LogP contribution < -0.4 is 10.1 Å². The SMILES string of the molecule is CCNC(CC)c1ccn(CCOc2ccccc2)c1. The molecule has 3 heteroatoms. The van der Waals surface area contributed by atoms with Crippen LogP contribution in [0.25, 0.3) is 0 Å². The molecule has 1 aromatic heterocycles. The maximum absolute atomic E-state index is 5.72. The summed E-state index contributed by atoms with van der Waals surface area (Å²) in [5.74, 6) is 0.930. The molecule has 0 aliphatic carbocycles. The number of rotatable bonds is 8. The number of para-hydroxylation sites is 1. The van der Waals surface area contributed by atoms with Gasteiger partial charge >= 0.3 is 0 Å². The number of hydrogen-bond acceptors (Lipinski definition) is 2. The van der Waals surface area contributed by atoms with Crippen molar-refractivity contribution in [2.24, 2.45) is 0 Å². The van der Waals surface area contributed by atoms with E-state index in [2.05, 4.69) is 42.2 Å². The van der Waals surface area contributed by atoms with Gasteiger partial charge in [0.05, 0.1) is 6.54 Å². The molecule has 3 nitrogen and oxygen atoms in total. The number of ether oxygens (including phenoxy) is 1. The fourth-order valence-corrected chi connectivity index (χ4v) is 2.33. The molecule has 2 aromatic rings. The quantitative estimate of drug-likeness (QED) is 0.794. The third kappa shape index (κ3) is 4.14. The second-order valence-electron chi connectivity index (χ2n) is 4.86. The highest BCUT2D eigenvalue weighted by Gasteiger charge is 2.08. The Bertz CT molecular complexity index is 493. The molecular formula is C17H24N2O. The zero-order valence-electron chi connectivity index (χ0n) is 12.4. The van der Waals surface area contributed by atoms with Crippen LogP contribution in [0.1, 0.15) is 31.9 Å². The van der Waals surface area contributed by atoms with Crippen molar-refractivity contribution < 1.29 is 4.74 Å². The summed E-state index contributed by atoms with van der Waals surface area (Å²) < 4.78 is 7.91. The molecule has 0 aliphatic heterocycles. The summed E-state index contributed by atoms with van der Waals surface area (Å²) >= 11 is 0. The van der Waals surface area contributed by atoms with Gasteiger partial charge in [0.1, 0.15) is 12.4 Å². The monoisotopic (exact) mass is 272 g/mol. The number of nitrogens with one attached hydrogen (secondary N) is 1. The van der Waals surface area contributed by atoms with Crippen molar-refractivity contribution in [2.45, 2.75) is 32.9 Å². The van der Waals surface area contributed by atoms with Crippen LogP contribution in [0, 0.1) is 0 Å². The lowest BCUT2D eigenvalue weighted by Gasteiger charge is -2.14. The van der Waals surface area contributed by atoms with Crippen molar-refractivity contribution in [1.82, 2.24) is 9.88 Å². The highest BCUT2D eigenvalue weighted by atomic mass is 16.5.